The Balaban J connectivity index is 0. The van der Waals surface area contributed by atoms with E-state index in [1.807, 2.05) is 0 Å². The molecule has 0 aliphatic carbocycles. The van der Waals surface area contributed by atoms with E-state index in [-0.39, 0.29) is 6.42 Å². The van der Waals surface area contributed by atoms with Crippen LogP contribution in [0.4, 0.5) is 0 Å². The van der Waals surface area contributed by atoms with Crippen molar-refractivity contribution in [3.63, 3.8) is 0 Å². The lowest BCUT2D eigenvalue weighted by molar-refractivity contribution is -0.137. The molecule has 5 heteroatoms. The Bertz CT molecular complexity index is 136. The van der Waals surface area contributed by atoms with Crippen LogP contribution in [0.5, 0.6) is 0 Å². The second kappa shape index (κ2) is 10.9. The Morgan fingerprint density at radius 2 is 2.00 bits per heavy atom. The van der Waals surface area contributed by atoms with E-state index in [0.717, 1.165) is 6.41 Å². The molecule has 0 aliphatic rings. The number of hydrogen-bond donors (Lipinski definition) is 1. The number of carbonyl (C=O) groups excluding carboxylic acids is 1. The highest BCUT2D eigenvalue weighted by molar-refractivity contribution is 5.66. The molecule has 0 fully saturated rings. The summed E-state index contributed by atoms with van der Waals surface area (Å²) in [5.41, 5.74) is 0. The average Bonchev–Trinajstić information content (AvgIpc) is 2.05. The first-order valence-electron chi connectivity index (χ1n) is 3.87. The maximum absolute atomic E-state index is 9.82. The molecule has 13 heavy (non-hydrogen) atoms. The van der Waals surface area contributed by atoms with Gasteiger partial charge in [0.25, 0.3) is 0 Å². The second-order valence-corrected chi connectivity index (χ2v) is 2.56. The monoisotopic (exact) mass is 191 g/mol. The summed E-state index contributed by atoms with van der Waals surface area (Å²) < 4.78 is 4.63. The van der Waals surface area contributed by atoms with E-state index >= 15 is 0 Å². The number of aliphatic carboxylic acids is 1. The van der Waals surface area contributed by atoms with Gasteiger partial charge in [-0.1, -0.05) is 0 Å². The fourth-order valence-electron chi connectivity index (χ4n) is 0.368. The first kappa shape index (κ1) is 14.4. The Hall–Kier alpha value is -1.10. The Morgan fingerprint density at radius 1 is 1.54 bits per heavy atom. The van der Waals surface area contributed by atoms with Gasteiger partial charge in [0.15, 0.2) is 0 Å². The van der Waals surface area contributed by atoms with Crippen LogP contribution in [-0.2, 0) is 14.3 Å². The van der Waals surface area contributed by atoms with Crippen LogP contribution in [0.15, 0.2) is 0 Å². The van der Waals surface area contributed by atoms with Crippen LogP contribution in [0.2, 0.25) is 0 Å². The molecule has 0 aromatic heterocycles. The minimum atomic E-state index is -0.762. The third-order valence-electron chi connectivity index (χ3n) is 0.950. The van der Waals surface area contributed by atoms with Gasteiger partial charge in [0.1, 0.15) is 0 Å². The number of nitrogens with zero attached hydrogens (tertiary/aromatic N) is 1. The summed E-state index contributed by atoms with van der Waals surface area (Å²) in [6.07, 6.45) is 1.56. The summed E-state index contributed by atoms with van der Waals surface area (Å²) in [6, 6.07) is 0. The van der Waals surface area contributed by atoms with Gasteiger partial charge in [0.2, 0.25) is 6.41 Å². The van der Waals surface area contributed by atoms with E-state index in [2.05, 4.69) is 4.74 Å². The number of hydrogen-bond acceptors (Lipinski definition) is 3. The average molecular weight is 191 g/mol. The molecule has 1 amide bonds. The smallest absolute Gasteiger partial charge is 0.303 e. The molecule has 0 spiro atoms. The molecule has 0 aromatic rings. The fraction of sp³-hybridized carbons (Fsp3) is 0.750. The number of carboxylic acid groups (broad SMARTS) is 1. The molecule has 0 aromatic carbocycles. The largest absolute Gasteiger partial charge is 0.481 e. The van der Waals surface area contributed by atoms with Crippen LogP contribution in [0.3, 0.4) is 0 Å². The molecule has 0 aliphatic heterocycles. The summed E-state index contributed by atoms with van der Waals surface area (Å²) in [7, 11) is 4.93. The van der Waals surface area contributed by atoms with E-state index in [0.29, 0.717) is 13.0 Å². The van der Waals surface area contributed by atoms with Gasteiger partial charge in [0.05, 0.1) is 0 Å². The van der Waals surface area contributed by atoms with Crippen molar-refractivity contribution < 1.29 is 19.4 Å². The van der Waals surface area contributed by atoms with Gasteiger partial charge >= 0.3 is 5.97 Å². The van der Waals surface area contributed by atoms with Crippen LogP contribution in [0, 0.1) is 0 Å². The van der Waals surface area contributed by atoms with Crippen LogP contribution in [0.1, 0.15) is 12.8 Å². The van der Waals surface area contributed by atoms with Crippen molar-refractivity contribution in [1.82, 2.24) is 4.90 Å². The summed E-state index contributed by atoms with van der Waals surface area (Å²) >= 11 is 0. The molecule has 0 bridgehead atoms. The summed E-state index contributed by atoms with van der Waals surface area (Å²) in [5.74, 6) is -0.762. The lowest BCUT2D eigenvalue weighted by atomic mass is 10.3. The predicted octanol–water partition coefficient (Wildman–Crippen LogP) is 0.202. The van der Waals surface area contributed by atoms with Crippen molar-refractivity contribution in [3.8, 4) is 0 Å². The summed E-state index contributed by atoms with van der Waals surface area (Å²) in [4.78, 5) is 20.7. The van der Waals surface area contributed by atoms with E-state index in [9.17, 15) is 9.59 Å². The van der Waals surface area contributed by atoms with E-state index in [4.69, 9.17) is 5.11 Å². The van der Waals surface area contributed by atoms with Crippen LogP contribution >= 0.6 is 0 Å². The molecule has 1 N–H and O–H groups in total. The number of amides is 1. The highest BCUT2D eigenvalue weighted by atomic mass is 16.5. The molecular formula is C8H17NO4. The highest BCUT2D eigenvalue weighted by Crippen LogP contribution is 1.86. The van der Waals surface area contributed by atoms with Crippen LogP contribution in [0.25, 0.3) is 0 Å². The fourth-order valence-corrected chi connectivity index (χ4v) is 0.368. The minimum absolute atomic E-state index is 0.202. The van der Waals surface area contributed by atoms with Crippen molar-refractivity contribution in [2.45, 2.75) is 12.8 Å². The molecule has 0 atom stereocenters. The zero-order valence-corrected chi connectivity index (χ0v) is 8.32. The van der Waals surface area contributed by atoms with Gasteiger partial charge in [-0.3, -0.25) is 9.59 Å². The molecule has 5 nitrogen and oxygen atoms in total. The van der Waals surface area contributed by atoms with Gasteiger partial charge in [-0.2, -0.15) is 0 Å². The molecular weight excluding hydrogens is 174 g/mol. The van der Waals surface area contributed by atoms with Crippen molar-refractivity contribution in [3.05, 3.63) is 0 Å². The van der Waals surface area contributed by atoms with Crippen molar-refractivity contribution in [2.24, 2.45) is 0 Å². The number of methoxy groups -OCH3 is 1. The molecule has 0 saturated carbocycles. The first-order chi connectivity index (χ1) is 6.04. The zero-order chi connectivity index (χ0) is 10.7. The predicted molar refractivity (Wildman–Crippen MR) is 48.5 cm³/mol. The summed E-state index contributed by atoms with van der Waals surface area (Å²) in [5, 5.41) is 8.08. The number of carboxylic acids is 1. The van der Waals surface area contributed by atoms with Crippen LogP contribution < -0.4 is 0 Å². The molecule has 78 valence electrons. The maximum Gasteiger partial charge on any atom is 0.303 e. The highest BCUT2D eigenvalue weighted by Gasteiger charge is 1.93. The Labute approximate surface area is 78.3 Å². The minimum Gasteiger partial charge on any atom is -0.481 e. The zero-order valence-electron chi connectivity index (χ0n) is 8.32. The SMILES string of the molecule is CN(C)C=O.COCCCC(=O)O. The Kier molecular flexibility index (Phi) is 12.1. The van der Waals surface area contributed by atoms with Crippen molar-refractivity contribution >= 4 is 12.4 Å². The van der Waals surface area contributed by atoms with Gasteiger partial charge < -0.3 is 14.7 Å². The van der Waals surface area contributed by atoms with Gasteiger partial charge in [-0.15, -0.1) is 0 Å². The topological polar surface area (TPSA) is 66.8 Å². The number of ether oxygens (including phenoxy) is 1. The summed E-state index contributed by atoms with van der Waals surface area (Å²) in [6.45, 7) is 0.534. The normalized spacial score (nSPS) is 8.23. The lowest BCUT2D eigenvalue weighted by Crippen LogP contribution is -2.06. The first-order valence-corrected chi connectivity index (χ1v) is 3.87. The van der Waals surface area contributed by atoms with Crippen molar-refractivity contribution in [2.75, 3.05) is 27.8 Å². The van der Waals surface area contributed by atoms with E-state index in [1.165, 1.54) is 4.90 Å². The third kappa shape index (κ3) is 24.8. The quantitative estimate of drug-likeness (QED) is 0.498. The van der Waals surface area contributed by atoms with E-state index in [1.54, 1.807) is 21.2 Å². The standard InChI is InChI=1S/C5H10O3.C3H7NO/c1-8-4-2-3-5(6)7;1-4(2)3-5/h2-4H2,1H3,(H,6,7);3H,1-2H3. The molecule has 0 radical (unpaired) electrons. The van der Waals surface area contributed by atoms with Crippen LogP contribution in [-0.4, -0.2) is 50.2 Å². The number of rotatable bonds is 5. The van der Waals surface area contributed by atoms with Gasteiger partial charge in [0, 0.05) is 34.2 Å². The van der Waals surface area contributed by atoms with Gasteiger partial charge in [-0.05, 0) is 6.42 Å². The molecule has 0 heterocycles. The Morgan fingerprint density at radius 3 is 2.23 bits per heavy atom. The van der Waals surface area contributed by atoms with E-state index < -0.39 is 5.97 Å². The van der Waals surface area contributed by atoms with Gasteiger partial charge in [-0.25, -0.2) is 0 Å². The maximum atomic E-state index is 9.82. The molecule has 0 saturated heterocycles. The second-order valence-electron chi connectivity index (χ2n) is 2.56. The molecule has 0 rings (SSSR count). The lowest BCUT2D eigenvalue weighted by Gasteiger charge is -1.93. The number of carbonyl (C=O) groups is 2. The molecule has 0 unspecified atom stereocenters. The van der Waals surface area contributed by atoms with Crippen molar-refractivity contribution in [1.29, 1.82) is 0 Å². The third-order valence-corrected chi connectivity index (χ3v) is 0.950.